The molecular weight excluding hydrogens is 315 g/mol. The van der Waals surface area contributed by atoms with Gasteiger partial charge < -0.3 is 5.32 Å². The quantitative estimate of drug-likeness (QED) is 0.749. The lowest BCUT2D eigenvalue weighted by molar-refractivity contribution is -0.137. The predicted octanol–water partition coefficient (Wildman–Crippen LogP) is 4.77. The molecule has 0 atom stereocenters. The van der Waals surface area contributed by atoms with E-state index in [-0.39, 0.29) is 6.54 Å². The van der Waals surface area contributed by atoms with Crippen molar-refractivity contribution >= 4 is 5.82 Å². The molecule has 122 valence electrons. The number of alkyl halides is 3. The van der Waals surface area contributed by atoms with Crippen LogP contribution >= 0.6 is 0 Å². The zero-order valence-corrected chi connectivity index (χ0v) is 12.6. The van der Waals surface area contributed by atoms with Crippen LogP contribution < -0.4 is 5.32 Å². The maximum atomic E-state index is 12.8. The SMILES string of the molecule is FC(F)(F)c1cccc(CNc2nccnc2-c2ccccc2)c1. The van der Waals surface area contributed by atoms with Crippen LogP contribution in [0.5, 0.6) is 0 Å². The van der Waals surface area contributed by atoms with E-state index >= 15 is 0 Å². The Hall–Kier alpha value is -2.89. The highest BCUT2D eigenvalue weighted by atomic mass is 19.4. The summed E-state index contributed by atoms with van der Waals surface area (Å²) < 4.78 is 38.3. The third kappa shape index (κ3) is 3.71. The van der Waals surface area contributed by atoms with E-state index in [2.05, 4.69) is 15.3 Å². The second kappa shape index (κ2) is 6.70. The van der Waals surface area contributed by atoms with Crippen molar-refractivity contribution in [3.05, 3.63) is 78.1 Å². The van der Waals surface area contributed by atoms with Gasteiger partial charge in [0.05, 0.1) is 5.56 Å². The van der Waals surface area contributed by atoms with Gasteiger partial charge in [-0.05, 0) is 17.7 Å². The Morgan fingerprint density at radius 1 is 0.875 bits per heavy atom. The summed E-state index contributed by atoms with van der Waals surface area (Å²) in [6, 6.07) is 14.7. The molecule has 0 bridgehead atoms. The van der Waals surface area contributed by atoms with Crippen LogP contribution in [-0.2, 0) is 12.7 Å². The normalized spacial score (nSPS) is 11.3. The molecule has 1 aromatic heterocycles. The number of nitrogens with zero attached hydrogens (tertiary/aromatic N) is 2. The highest BCUT2D eigenvalue weighted by Crippen LogP contribution is 2.30. The van der Waals surface area contributed by atoms with Gasteiger partial charge in [0.2, 0.25) is 0 Å². The van der Waals surface area contributed by atoms with Gasteiger partial charge in [0, 0.05) is 24.5 Å². The average Bonchev–Trinajstić information content (AvgIpc) is 2.60. The molecule has 0 aliphatic carbocycles. The Bertz CT molecular complexity index is 817. The molecule has 24 heavy (non-hydrogen) atoms. The van der Waals surface area contributed by atoms with Crippen LogP contribution in [0.3, 0.4) is 0 Å². The van der Waals surface area contributed by atoms with E-state index in [0.29, 0.717) is 17.1 Å². The van der Waals surface area contributed by atoms with Gasteiger partial charge in [-0.3, -0.25) is 4.98 Å². The summed E-state index contributed by atoms with van der Waals surface area (Å²) >= 11 is 0. The Morgan fingerprint density at radius 2 is 1.62 bits per heavy atom. The van der Waals surface area contributed by atoms with Crippen LogP contribution in [0, 0.1) is 0 Å². The number of benzene rings is 2. The molecule has 6 heteroatoms. The van der Waals surface area contributed by atoms with Crippen molar-refractivity contribution in [3.63, 3.8) is 0 Å². The summed E-state index contributed by atoms with van der Waals surface area (Å²) in [6.45, 7) is 0.225. The van der Waals surface area contributed by atoms with E-state index in [0.717, 1.165) is 17.7 Å². The molecule has 0 unspecified atom stereocenters. The van der Waals surface area contributed by atoms with Crippen LogP contribution in [0.15, 0.2) is 67.0 Å². The number of aromatic nitrogens is 2. The van der Waals surface area contributed by atoms with E-state index in [1.807, 2.05) is 30.3 Å². The van der Waals surface area contributed by atoms with Gasteiger partial charge in [0.1, 0.15) is 5.69 Å². The van der Waals surface area contributed by atoms with Gasteiger partial charge in [-0.25, -0.2) is 4.98 Å². The molecule has 2 aromatic carbocycles. The number of anilines is 1. The van der Waals surface area contributed by atoms with E-state index < -0.39 is 11.7 Å². The highest BCUT2D eigenvalue weighted by molar-refractivity contribution is 5.70. The number of rotatable bonds is 4. The van der Waals surface area contributed by atoms with Gasteiger partial charge >= 0.3 is 6.18 Å². The van der Waals surface area contributed by atoms with Crippen molar-refractivity contribution in [2.24, 2.45) is 0 Å². The van der Waals surface area contributed by atoms with Crippen LogP contribution in [0.25, 0.3) is 11.3 Å². The average molecular weight is 329 g/mol. The van der Waals surface area contributed by atoms with Gasteiger partial charge in [-0.1, -0.05) is 42.5 Å². The van der Waals surface area contributed by atoms with Gasteiger partial charge in [-0.15, -0.1) is 0 Å². The summed E-state index contributed by atoms with van der Waals surface area (Å²) in [6.07, 6.45) is -1.23. The molecule has 0 aliphatic rings. The van der Waals surface area contributed by atoms with Crippen molar-refractivity contribution in [3.8, 4) is 11.3 Å². The van der Waals surface area contributed by atoms with Crippen LogP contribution in [-0.4, -0.2) is 9.97 Å². The van der Waals surface area contributed by atoms with E-state index in [1.165, 1.54) is 6.07 Å². The van der Waals surface area contributed by atoms with Crippen molar-refractivity contribution < 1.29 is 13.2 Å². The Labute approximate surface area is 137 Å². The summed E-state index contributed by atoms with van der Waals surface area (Å²) in [5.74, 6) is 0.529. The Kier molecular flexibility index (Phi) is 4.46. The van der Waals surface area contributed by atoms with E-state index in [1.54, 1.807) is 18.5 Å². The summed E-state index contributed by atoms with van der Waals surface area (Å²) in [4.78, 5) is 8.56. The van der Waals surface area contributed by atoms with Crippen LogP contribution in [0.1, 0.15) is 11.1 Å². The van der Waals surface area contributed by atoms with Crippen molar-refractivity contribution in [2.45, 2.75) is 12.7 Å². The minimum Gasteiger partial charge on any atom is -0.364 e. The second-order valence-corrected chi connectivity index (χ2v) is 5.17. The zero-order chi connectivity index (χ0) is 17.0. The summed E-state index contributed by atoms with van der Waals surface area (Å²) in [5.41, 5.74) is 1.40. The molecule has 0 saturated carbocycles. The Balaban J connectivity index is 1.81. The molecule has 3 nitrogen and oxygen atoms in total. The zero-order valence-electron chi connectivity index (χ0n) is 12.6. The molecule has 3 aromatic rings. The van der Waals surface area contributed by atoms with E-state index in [4.69, 9.17) is 0 Å². The van der Waals surface area contributed by atoms with Crippen molar-refractivity contribution in [1.82, 2.24) is 9.97 Å². The fourth-order valence-electron chi connectivity index (χ4n) is 2.32. The van der Waals surface area contributed by atoms with Gasteiger partial charge in [0.25, 0.3) is 0 Å². The molecule has 0 amide bonds. The lowest BCUT2D eigenvalue weighted by atomic mass is 10.1. The van der Waals surface area contributed by atoms with E-state index in [9.17, 15) is 13.2 Å². The first-order chi connectivity index (χ1) is 11.5. The summed E-state index contributed by atoms with van der Waals surface area (Å²) in [5, 5.41) is 3.07. The monoisotopic (exact) mass is 329 g/mol. The maximum absolute atomic E-state index is 12.8. The molecule has 0 spiro atoms. The topological polar surface area (TPSA) is 37.8 Å². The molecule has 0 saturated heterocycles. The highest BCUT2D eigenvalue weighted by Gasteiger charge is 2.30. The molecule has 0 radical (unpaired) electrons. The molecular formula is C18H14F3N3. The first-order valence-corrected chi connectivity index (χ1v) is 7.30. The standard InChI is InChI=1S/C18H14F3N3/c19-18(20,21)15-8-4-5-13(11-15)12-24-17-16(22-9-10-23-17)14-6-2-1-3-7-14/h1-11H,12H2,(H,23,24). The molecule has 3 rings (SSSR count). The largest absolute Gasteiger partial charge is 0.416 e. The van der Waals surface area contributed by atoms with Crippen molar-refractivity contribution in [2.75, 3.05) is 5.32 Å². The number of hydrogen-bond donors (Lipinski definition) is 1. The molecule has 0 aliphatic heterocycles. The van der Waals surface area contributed by atoms with Crippen LogP contribution in [0.4, 0.5) is 19.0 Å². The fourth-order valence-corrected chi connectivity index (χ4v) is 2.32. The minimum atomic E-state index is -4.35. The van der Waals surface area contributed by atoms with Crippen molar-refractivity contribution in [1.29, 1.82) is 0 Å². The third-order valence-electron chi connectivity index (χ3n) is 3.46. The number of nitrogens with one attached hydrogen (secondary N) is 1. The molecule has 1 heterocycles. The van der Waals surface area contributed by atoms with Gasteiger partial charge in [0.15, 0.2) is 5.82 Å². The maximum Gasteiger partial charge on any atom is 0.416 e. The molecule has 0 fully saturated rings. The summed E-state index contributed by atoms with van der Waals surface area (Å²) in [7, 11) is 0. The number of halogens is 3. The minimum absolute atomic E-state index is 0.225. The van der Waals surface area contributed by atoms with Crippen LogP contribution in [0.2, 0.25) is 0 Å². The smallest absolute Gasteiger partial charge is 0.364 e. The lowest BCUT2D eigenvalue weighted by Gasteiger charge is -2.12. The molecule has 1 N–H and O–H groups in total. The Morgan fingerprint density at radius 3 is 2.38 bits per heavy atom. The fraction of sp³-hybridized carbons (Fsp3) is 0.111. The lowest BCUT2D eigenvalue weighted by Crippen LogP contribution is -2.08. The second-order valence-electron chi connectivity index (χ2n) is 5.17. The predicted molar refractivity (Wildman–Crippen MR) is 86.2 cm³/mol. The third-order valence-corrected chi connectivity index (χ3v) is 3.46. The first-order valence-electron chi connectivity index (χ1n) is 7.30. The van der Waals surface area contributed by atoms with Gasteiger partial charge in [-0.2, -0.15) is 13.2 Å². The first kappa shape index (κ1) is 16.0. The number of hydrogen-bond acceptors (Lipinski definition) is 3.